The van der Waals surface area contributed by atoms with Crippen molar-refractivity contribution in [1.82, 2.24) is 20.5 Å². The Hall–Kier alpha value is -1.95. The zero-order valence-corrected chi connectivity index (χ0v) is 11.0. The van der Waals surface area contributed by atoms with Crippen molar-refractivity contribution in [3.05, 3.63) is 29.6 Å². The predicted molar refractivity (Wildman–Crippen MR) is 70.8 cm³/mol. The predicted octanol–water partition coefficient (Wildman–Crippen LogP) is -0.448. The van der Waals surface area contributed by atoms with Crippen LogP contribution >= 0.6 is 0 Å². The summed E-state index contributed by atoms with van der Waals surface area (Å²) in [7, 11) is 0. The number of rotatable bonds is 3. The number of carbonyl (C=O) groups is 2. The molecule has 6 heteroatoms. The number of hydrogen-bond donors (Lipinski definition) is 2. The van der Waals surface area contributed by atoms with Crippen molar-refractivity contribution < 1.29 is 9.59 Å². The van der Waals surface area contributed by atoms with Crippen LogP contribution in [-0.2, 0) is 4.79 Å². The highest BCUT2D eigenvalue weighted by Crippen LogP contribution is 2.03. The first-order valence-corrected chi connectivity index (χ1v) is 6.37. The summed E-state index contributed by atoms with van der Waals surface area (Å²) in [6, 6.07) is 3.41. The van der Waals surface area contributed by atoms with Gasteiger partial charge in [0.2, 0.25) is 5.91 Å². The summed E-state index contributed by atoms with van der Waals surface area (Å²) in [6.45, 7) is 4.81. The van der Waals surface area contributed by atoms with Crippen LogP contribution in [-0.4, -0.2) is 54.4 Å². The van der Waals surface area contributed by atoms with Crippen LogP contribution in [0.5, 0.6) is 0 Å². The van der Waals surface area contributed by atoms with Crippen LogP contribution in [0.25, 0.3) is 0 Å². The molecule has 2 rings (SSSR count). The molecule has 0 atom stereocenters. The molecule has 6 nitrogen and oxygen atoms in total. The molecule has 0 aliphatic carbocycles. The van der Waals surface area contributed by atoms with Crippen molar-refractivity contribution in [2.24, 2.45) is 0 Å². The lowest BCUT2D eigenvalue weighted by Crippen LogP contribution is -2.49. The quantitative estimate of drug-likeness (QED) is 0.774. The maximum atomic E-state index is 11.9. The number of carbonyl (C=O) groups excluding carboxylic acids is 2. The second-order valence-corrected chi connectivity index (χ2v) is 4.45. The highest BCUT2D eigenvalue weighted by atomic mass is 16.2. The molecule has 0 saturated carbocycles. The largest absolute Gasteiger partial charge is 0.343 e. The van der Waals surface area contributed by atoms with E-state index in [4.69, 9.17) is 0 Å². The van der Waals surface area contributed by atoms with Gasteiger partial charge in [-0.15, -0.1) is 0 Å². The normalized spacial score (nSPS) is 15.1. The van der Waals surface area contributed by atoms with Crippen molar-refractivity contribution in [1.29, 1.82) is 0 Å². The third-order valence-electron chi connectivity index (χ3n) is 3.12. The Morgan fingerprint density at radius 1 is 1.42 bits per heavy atom. The number of nitrogens with one attached hydrogen (secondary N) is 2. The van der Waals surface area contributed by atoms with Crippen LogP contribution in [0.2, 0.25) is 0 Å². The molecule has 0 radical (unpaired) electrons. The van der Waals surface area contributed by atoms with Gasteiger partial charge in [-0.3, -0.25) is 14.6 Å². The molecule has 0 bridgehead atoms. The van der Waals surface area contributed by atoms with E-state index < -0.39 is 0 Å². The van der Waals surface area contributed by atoms with Crippen LogP contribution in [0.1, 0.15) is 16.1 Å². The summed E-state index contributed by atoms with van der Waals surface area (Å²) >= 11 is 0. The van der Waals surface area contributed by atoms with Gasteiger partial charge in [0.05, 0.1) is 12.1 Å². The van der Waals surface area contributed by atoms with Gasteiger partial charge in [0.15, 0.2) is 0 Å². The summed E-state index contributed by atoms with van der Waals surface area (Å²) in [4.78, 5) is 29.6. The Bertz CT molecular complexity index is 469. The van der Waals surface area contributed by atoms with E-state index in [1.807, 2.05) is 0 Å². The number of aromatic nitrogens is 1. The molecule has 1 fully saturated rings. The molecule has 1 aliphatic rings. The zero-order valence-electron chi connectivity index (χ0n) is 11.0. The van der Waals surface area contributed by atoms with Gasteiger partial charge in [0, 0.05) is 38.1 Å². The standard InChI is InChI=1S/C13H18N4O2/c1-10-11(3-2-4-15-10)13(19)16-9-12(18)17-7-5-14-6-8-17/h2-4,14H,5-9H2,1H3,(H,16,19). The maximum Gasteiger partial charge on any atom is 0.253 e. The number of amides is 2. The fourth-order valence-corrected chi connectivity index (χ4v) is 2.00. The topological polar surface area (TPSA) is 74.3 Å². The van der Waals surface area contributed by atoms with Gasteiger partial charge < -0.3 is 15.5 Å². The summed E-state index contributed by atoms with van der Waals surface area (Å²) in [6.07, 6.45) is 1.64. The van der Waals surface area contributed by atoms with Crippen molar-refractivity contribution >= 4 is 11.8 Å². The molecule has 1 aromatic rings. The Balaban J connectivity index is 1.86. The fraction of sp³-hybridized carbons (Fsp3) is 0.462. The Kier molecular flexibility index (Phi) is 4.46. The number of hydrogen-bond acceptors (Lipinski definition) is 4. The first-order chi connectivity index (χ1) is 9.18. The van der Waals surface area contributed by atoms with Gasteiger partial charge in [-0.05, 0) is 19.1 Å². The van der Waals surface area contributed by atoms with E-state index in [0.29, 0.717) is 24.3 Å². The fourth-order valence-electron chi connectivity index (χ4n) is 2.00. The minimum absolute atomic E-state index is 0.0349. The molecular formula is C13H18N4O2. The lowest BCUT2D eigenvalue weighted by Gasteiger charge is -2.27. The Morgan fingerprint density at radius 3 is 2.84 bits per heavy atom. The van der Waals surface area contributed by atoms with Crippen LogP contribution in [0.3, 0.4) is 0 Å². The van der Waals surface area contributed by atoms with Gasteiger partial charge in [0.25, 0.3) is 5.91 Å². The minimum atomic E-state index is -0.255. The summed E-state index contributed by atoms with van der Waals surface area (Å²) in [5.74, 6) is -0.300. The average molecular weight is 262 g/mol. The maximum absolute atomic E-state index is 11.9. The smallest absolute Gasteiger partial charge is 0.253 e. The van der Waals surface area contributed by atoms with E-state index in [1.165, 1.54) is 0 Å². The Morgan fingerprint density at radius 2 is 2.16 bits per heavy atom. The monoisotopic (exact) mass is 262 g/mol. The van der Waals surface area contributed by atoms with Gasteiger partial charge in [-0.25, -0.2) is 0 Å². The molecule has 1 aliphatic heterocycles. The summed E-state index contributed by atoms with van der Waals surface area (Å²) in [5, 5.41) is 5.82. The van der Waals surface area contributed by atoms with Crippen molar-refractivity contribution in [3.8, 4) is 0 Å². The van der Waals surface area contributed by atoms with E-state index in [2.05, 4.69) is 15.6 Å². The zero-order chi connectivity index (χ0) is 13.7. The van der Waals surface area contributed by atoms with Crippen molar-refractivity contribution in [2.75, 3.05) is 32.7 Å². The van der Waals surface area contributed by atoms with E-state index >= 15 is 0 Å². The molecule has 19 heavy (non-hydrogen) atoms. The molecule has 1 saturated heterocycles. The highest BCUT2D eigenvalue weighted by Gasteiger charge is 2.17. The highest BCUT2D eigenvalue weighted by molar-refractivity contribution is 5.97. The number of nitrogens with zero attached hydrogens (tertiary/aromatic N) is 2. The molecular weight excluding hydrogens is 244 g/mol. The molecule has 2 heterocycles. The molecule has 1 aromatic heterocycles. The molecule has 2 N–H and O–H groups in total. The summed E-state index contributed by atoms with van der Waals surface area (Å²) < 4.78 is 0. The van der Waals surface area contributed by atoms with Crippen LogP contribution in [0.4, 0.5) is 0 Å². The molecule has 2 amide bonds. The van der Waals surface area contributed by atoms with Gasteiger partial charge in [0.1, 0.15) is 0 Å². The number of pyridine rings is 1. The van der Waals surface area contributed by atoms with Gasteiger partial charge in [-0.1, -0.05) is 0 Å². The first-order valence-electron chi connectivity index (χ1n) is 6.37. The first kappa shape index (κ1) is 13.5. The van der Waals surface area contributed by atoms with Crippen molar-refractivity contribution in [2.45, 2.75) is 6.92 Å². The number of piperazine rings is 1. The van der Waals surface area contributed by atoms with Crippen LogP contribution < -0.4 is 10.6 Å². The Labute approximate surface area is 112 Å². The molecule has 0 unspecified atom stereocenters. The van der Waals surface area contributed by atoms with Crippen molar-refractivity contribution in [3.63, 3.8) is 0 Å². The van der Waals surface area contributed by atoms with Gasteiger partial charge >= 0.3 is 0 Å². The second-order valence-electron chi connectivity index (χ2n) is 4.45. The van der Waals surface area contributed by atoms with Crippen LogP contribution in [0.15, 0.2) is 18.3 Å². The molecule has 102 valence electrons. The van der Waals surface area contributed by atoms with E-state index in [-0.39, 0.29) is 18.4 Å². The van der Waals surface area contributed by atoms with Crippen LogP contribution in [0, 0.1) is 6.92 Å². The third-order valence-corrected chi connectivity index (χ3v) is 3.12. The minimum Gasteiger partial charge on any atom is -0.343 e. The SMILES string of the molecule is Cc1ncccc1C(=O)NCC(=O)N1CCNCC1. The van der Waals surface area contributed by atoms with E-state index in [0.717, 1.165) is 13.1 Å². The lowest BCUT2D eigenvalue weighted by atomic mass is 10.2. The second kappa shape index (κ2) is 6.29. The van der Waals surface area contributed by atoms with Gasteiger partial charge in [-0.2, -0.15) is 0 Å². The third kappa shape index (κ3) is 3.51. The lowest BCUT2D eigenvalue weighted by molar-refractivity contribution is -0.130. The average Bonchev–Trinajstić information content (AvgIpc) is 2.46. The summed E-state index contributed by atoms with van der Waals surface area (Å²) in [5.41, 5.74) is 1.17. The molecule has 0 spiro atoms. The number of aryl methyl sites for hydroxylation is 1. The van der Waals surface area contributed by atoms with E-state index in [9.17, 15) is 9.59 Å². The molecule has 0 aromatic carbocycles. The van der Waals surface area contributed by atoms with E-state index in [1.54, 1.807) is 30.2 Å².